The Morgan fingerprint density at radius 1 is 1.42 bits per heavy atom. The average Bonchev–Trinajstić information content (AvgIpc) is 2.41. The number of aromatic carboxylic acids is 1. The first-order chi connectivity index (χ1) is 9.11. The fraction of sp³-hybridized carbons (Fsp3) is 0.0769. The second-order valence-corrected chi connectivity index (χ2v) is 5.00. The van der Waals surface area contributed by atoms with E-state index >= 15 is 0 Å². The Labute approximate surface area is 119 Å². The lowest BCUT2D eigenvalue weighted by atomic mass is 10.2. The lowest BCUT2D eigenvalue weighted by molar-refractivity contribution is 0.0693. The predicted octanol–water partition coefficient (Wildman–Crippen LogP) is 3.59. The molecule has 0 aliphatic heterocycles. The van der Waals surface area contributed by atoms with Crippen molar-refractivity contribution in [3.05, 3.63) is 47.1 Å². The lowest BCUT2D eigenvalue weighted by Crippen LogP contribution is -1.99. The van der Waals surface area contributed by atoms with Crippen molar-refractivity contribution in [1.29, 1.82) is 0 Å². The first-order valence-corrected chi connectivity index (χ1v) is 6.51. The lowest BCUT2D eigenvalue weighted by Gasteiger charge is -2.08. The summed E-state index contributed by atoms with van der Waals surface area (Å²) in [5.41, 5.74) is 0.188. The molecule has 0 saturated heterocycles. The number of ether oxygens (including phenoxy) is 1. The number of methoxy groups -OCH3 is 1. The fourth-order valence-electron chi connectivity index (χ4n) is 1.44. The van der Waals surface area contributed by atoms with Crippen LogP contribution in [0.1, 0.15) is 10.4 Å². The maximum atomic E-state index is 11.2. The highest BCUT2D eigenvalue weighted by Gasteiger charge is 2.14. The van der Waals surface area contributed by atoms with E-state index in [1.54, 1.807) is 30.5 Å². The highest BCUT2D eigenvalue weighted by atomic mass is 35.5. The van der Waals surface area contributed by atoms with E-state index < -0.39 is 5.97 Å². The number of hydrogen-bond donors (Lipinski definition) is 1. The summed E-state index contributed by atoms with van der Waals surface area (Å²) in [4.78, 5) is 15.9. The van der Waals surface area contributed by atoms with Gasteiger partial charge in [-0.2, -0.15) is 0 Å². The molecule has 0 unspecified atom stereocenters. The molecular weight excluding hydrogens is 286 g/mol. The fourth-order valence-corrected chi connectivity index (χ4v) is 2.61. The smallest absolute Gasteiger partial charge is 0.336 e. The number of carboxylic acid groups (broad SMARTS) is 1. The van der Waals surface area contributed by atoms with Crippen molar-refractivity contribution < 1.29 is 14.6 Å². The Kier molecular flexibility index (Phi) is 4.29. The maximum absolute atomic E-state index is 11.2. The molecule has 1 aromatic carbocycles. The van der Waals surface area contributed by atoms with Gasteiger partial charge in [-0.15, -0.1) is 0 Å². The van der Waals surface area contributed by atoms with Gasteiger partial charge in [0.1, 0.15) is 10.8 Å². The topological polar surface area (TPSA) is 59.4 Å². The van der Waals surface area contributed by atoms with Crippen LogP contribution in [0.5, 0.6) is 5.75 Å². The number of rotatable bonds is 4. The van der Waals surface area contributed by atoms with Crippen molar-refractivity contribution in [2.45, 2.75) is 9.92 Å². The van der Waals surface area contributed by atoms with Gasteiger partial charge in [0, 0.05) is 11.1 Å². The molecule has 1 N–H and O–H groups in total. The monoisotopic (exact) mass is 295 g/mol. The third-order valence-corrected chi connectivity index (χ3v) is 3.84. The SMILES string of the molecule is COc1ccc(C(=O)O)c(Sc2ncccc2Cl)c1. The molecule has 0 spiro atoms. The van der Waals surface area contributed by atoms with E-state index in [-0.39, 0.29) is 5.56 Å². The second kappa shape index (κ2) is 5.95. The first-order valence-electron chi connectivity index (χ1n) is 5.31. The normalized spacial score (nSPS) is 10.2. The number of carboxylic acids is 1. The highest BCUT2D eigenvalue weighted by Crippen LogP contribution is 2.35. The minimum atomic E-state index is -1.00. The van der Waals surface area contributed by atoms with Crippen molar-refractivity contribution in [3.8, 4) is 5.75 Å². The van der Waals surface area contributed by atoms with Crippen LogP contribution in [-0.2, 0) is 0 Å². The van der Waals surface area contributed by atoms with Gasteiger partial charge >= 0.3 is 5.97 Å². The van der Waals surface area contributed by atoms with E-state index in [0.29, 0.717) is 20.7 Å². The quantitative estimate of drug-likeness (QED) is 0.934. The largest absolute Gasteiger partial charge is 0.497 e. The zero-order valence-corrected chi connectivity index (χ0v) is 11.5. The molecule has 0 radical (unpaired) electrons. The van der Waals surface area contributed by atoms with Crippen LogP contribution in [0.15, 0.2) is 46.5 Å². The molecule has 0 atom stereocenters. The van der Waals surface area contributed by atoms with Crippen LogP contribution in [0.4, 0.5) is 0 Å². The molecule has 2 rings (SSSR count). The maximum Gasteiger partial charge on any atom is 0.336 e. The minimum absolute atomic E-state index is 0.188. The Balaban J connectivity index is 2.43. The third kappa shape index (κ3) is 3.19. The summed E-state index contributed by atoms with van der Waals surface area (Å²) < 4.78 is 5.10. The van der Waals surface area contributed by atoms with Crippen molar-refractivity contribution in [1.82, 2.24) is 4.98 Å². The second-order valence-electron chi connectivity index (χ2n) is 3.56. The Hall–Kier alpha value is -1.72. The Bertz CT molecular complexity index is 619. The number of aromatic nitrogens is 1. The molecular formula is C13H10ClNO3S. The number of halogens is 1. The standard InChI is InChI=1S/C13H10ClNO3S/c1-18-8-4-5-9(13(16)17)11(7-8)19-12-10(14)3-2-6-15-12/h2-7H,1H3,(H,16,17). The van der Waals surface area contributed by atoms with Crippen LogP contribution >= 0.6 is 23.4 Å². The summed E-state index contributed by atoms with van der Waals surface area (Å²) in [7, 11) is 1.53. The number of benzene rings is 1. The molecule has 1 heterocycles. The molecule has 0 bridgehead atoms. The third-order valence-electron chi connectivity index (χ3n) is 2.35. The zero-order valence-electron chi connectivity index (χ0n) is 9.96. The summed E-state index contributed by atoms with van der Waals surface area (Å²) in [6.45, 7) is 0. The van der Waals surface area contributed by atoms with Gasteiger partial charge < -0.3 is 9.84 Å². The van der Waals surface area contributed by atoms with Crippen molar-refractivity contribution in [2.75, 3.05) is 7.11 Å². The van der Waals surface area contributed by atoms with E-state index in [1.807, 2.05) is 0 Å². The highest BCUT2D eigenvalue weighted by molar-refractivity contribution is 7.99. The van der Waals surface area contributed by atoms with Gasteiger partial charge in [0.2, 0.25) is 0 Å². The van der Waals surface area contributed by atoms with Gasteiger partial charge in [0.15, 0.2) is 0 Å². The van der Waals surface area contributed by atoms with E-state index in [2.05, 4.69) is 4.98 Å². The van der Waals surface area contributed by atoms with Gasteiger partial charge in [-0.25, -0.2) is 9.78 Å². The first kappa shape index (κ1) is 13.7. The van der Waals surface area contributed by atoms with Crippen LogP contribution in [0.2, 0.25) is 5.02 Å². The molecule has 0 saturated carbocycles. The minimum Gasteiger partial charge on any atom is -0.497 e. The van der Waals surface area contributed by atoms with Gasteiger partial charge in [-0.05, 0) is 30.3 Å². The molecule has 4 nitrogen and oxygen atoms in total. The number of pyridine rings is 1. The van der Waals surface area contributed by atoms with Crippen molar-refractivity contribution in [2.24, 2.45) is 0 Å². The summed E-state index contributed by atoms with van der Waals surface area (Å²) >= 11 is 7.21. The van der Waals surface area contributed by atoms with Crippen molar-refractivity contribution >= 4 is 29.3 Å². The molecule has 1 aromatic heterocycles. The van der Waals surface area contributed by atoms with Crippen LogP contribution in [0, 0.1) is 0 Å². The predicted molar refractivity (Wildman–Crippen MR) is 73.3 cm³/mol. The molecule has 6 heteroatoms. The van der Waals surface area contributed by atoms with E-state index in [0.717, 1.165) is 0 Å². The van der Waals surface area contributed by atoms with Crippen LogP contribution in [0.25, 0.3) is 0 Å². The molecule has 0 aliphatic carbocycles. The molecule has 98 valence electrons. The molecule has 0 amide bonds. The molecule has 2 aromatic rings. The molecule has 0 fully saturated rings. The average molecular weight is 296 g/mol. The summed E-state index contributed by atoms with van der Waals surface area (Å²) in [5.74, 6) is -0.420. The Morgan fingerprint density at radius 2 is 2.21 bits per heavy atom. The van der Waals surface area contributed by atoms with E-state index in [9.17, 15) is 4.79 Å². The summed E-state index contributed by atoms with van der Waals surface area (Å²) in [5, 5.41) is 10.2. The van der Waals surface area contributed by atoms with Gasteiger partial charge in [0.05, 0.1) is 17.7 Å². The van der Waals surface area contributed by atoms with Crippen LogP contribution in [0.3, 0.4) is 0 Å². The van der Waals surface area contributed by atoms with Gasteiger partial charge in [-0.3, -0.25) is 0 Å². The van der Waals surface area contributed by atoms with E-state index in [1.165, 1.54) is 24.9 Å². The zero-order chi connectivity index (χ0) is 13.8. The number of carbonyl (C=O) groups is 1. The number of nitrogens with zero attached hydrogens (tertiary/aromatic N) is 1. The van der Waals surface area contributed by atoms with Gasteiger partial charge in [-0.1, -0.05) is 23.4 Å². The van der Waals surface area contributed by atoms with Gasteiger partial charge in [0.25, 0.3) is 0 Å². The number of hydrogen-bond acceptors (Lipinski definition) is 4. The van der Waals surface area contributed by atoms with Crippen molar-refractivity contribution in [3.63, 3.8) is 0 Å². The molecule has 0 aliphatic rings. The summed E-state index contributed by atoms with van der Waals surface area (Å²) in [6, 6.07) is 8.18. The Morgan fingerprint density at radius 3 is 2.84 bits per heavy atom. The molecule has 19 heavy (non-hydrogen) atoms. The summed E-state index contributed by atoms with van der Waals surface area (Å²) in [6.07, 6.45) is 1.61. The van der Waals surface area contributed by atoms with Crippen LogP contribution < -0.4 is 4.74 Å². The van der Waals surface area contributed by atoms with Crippen LogP contribution in [-0.4, -0.2) is 23.2 Å². The van der Waals surface area contributed by atoms with E-state index in [4.69, 9.17) is 21.4 Å².